The molecule has 0 aliphatic rings. The molecule has 0 spiro atoms. The zero-order valence-corrected chi connectivity index (χ0v) is 15.0. The number of unbranched alkanes of at least 4 members (excludes halogenated alkanes) is 3. The number of benzene rings is 1. The van der Waals surface area contributed by atoms with Crippen LogP contribution < -0.4 is 0 Å². The fraction of sp³-hybridized carbons (Fsp3) is 0.684. The molecule has 0 radical (unpaired) electrons. The summed E-state index contributed by atoms with van der Waals surface area (Å²) in [6.07, 6.45) is 14.5. The first-order valence-corrected chi connectivity index (χ1v) is 11.6. The third kappa shape index (κ3) is 6.40. The van der Waals surface area contributed by atoms with Gasteiger partial charge in [-0.05, 0) is 0 Å². The molecule has 0 heterocycles. The molecule has 0 aromatic heterocycles. The van der Waals surface area contributed by atoms with Gasteiger partial charge in [-0.3, -0.25) is 0 Å². The van der Waals surface area contributed by atoms with E-state index in [9.17, 15) is 0 Å². The molecule has 0 atom stereocenters. The third-order valence-corrected chi connectivity index (χ3v) is 10.0. The van der Waals surface area contributed by atoms with Gasteiger partial charge in [-0.1, -0.05) is 0 Å². The van der Waals surface area contributed by atoms with Crippen LogP contribution in [-0.2, 0) is 6.16 Å². The van der Waals surface area contributed by atoms with Crippen LogP contribution >= 0.6 is 7.26 Å². The van der Waals surface area contributed by atoms with Crippen molar-refractivity contribution in [2.45, 2.75) is 65.5 Å². The van der Waals surface area contributed by atoms with Gasteiger partial charge in [-0.25, -0.2) is 0 Å². The summed E-state index contributed by atoms with van der Waals surface area (Å²) in [7, 11) is -1.10. The van der Waals surface area contributed by atoms with E-state index < -0.39 is 7.26 Å². The molecule has 0 saturated heterocycles. The predicted molar refractivity (Wildman–Crippen MR) is 97.8 cm³/mol. The molecule has 116 valence electrons. The molecule has 0 aliphatic heterocycles. The van der Waals surface area contributed by atoms with Crippen molar-refractivity contribution in [1.29, 1.82) is 0 Å². The first kappa shape index (κ1) is 17.7. The zero-order chi connectivity index (χ0) is 14.7. The molecule has 0 nitrogen and oxygen atoms in total. The molecule has 1 heteroatoms. The molecule has 20 heavy (non-hydrogen) atoms. The van der Waals surface area contributed by atoms with Crippen molar-refractivity contribution in [3.63, 3.8) is 0 Å². The summed E-state index contributed by atoms with van der Waals surface area (Å²) in [5.41, 5.74) is 1.60. The quantitative estimate of drug-likeness (QED) is 0.418. The molecular formula is C19H35P. The van der Waals surface area contributed by atoms with E-state index in [2.05, 4.69) is 51.1 Å². The van der Waals surface area contributed by atoms with Crippen molar-refractivity contribution >= 4 is 7.26 Å². The van der Waals surface area contributed by atoms with E-state index in [-0.39, 0.29) is 0 Å². The van der Waals surface area contributed by atoms with Gasteiger partial charge >= 0.3 is 127 Å². The molecule has 0 bridgehead atoms. The molecule has 0 saturated carbocycles. The third-order valence-electron chi connectivity index (χ3n) is 4.60. The van der Waals surface area contributed by atoms with Gasteiger partial charge in [0.15, 0.2) is 0 Å². The maximum absolute atomic E-state index is 2.35. The Kier molecular flexibility index (Phi) is 9.19. The summed E-state index contributed by atoms with van der Waals surface area (Å²) >= 11 is 0. The first-order chi connectivity index (χ1) is 9.76. The zero-order valence-electron chi connectivity index (χ0n) is 14.0. The molecule has 0 fully saturated rings. The van der Waals surface area contributed by atoms with E-state index in [1.165, 1.54) is 44.7 Å². The molecule has 0 unspecified atom stereocenters. The second-order valence-corrected chi connectivity index (χ2v) is 11.3. The minimum atomic E-state index is -1.10. The Morgan fingerprint density at radius 1 is 0.700 bits per heavy atom. The van der Waals surface area contributed by atoms with Crippen LogP contribution in [0.5, 0.6) is 0 Å². The van der Waals surface area contributed by atoms with Gasteiger partial charge in [0, 0.05) is 0 Å². The summed E-state index contributed by atoms with van der Waals surface area (Å²) in [6, 6.07) is 11.3. The summed E-state index contributed by atoms with van der Waals surface area (Å²) in [5, 5.41) is 0. The normalized spacial score (nSPS) is 12.6. The minimum absolute atomic E-state index is 1.10. The van der Waals surface area contributed by atoms with Crippen LogP contribution in [0.25, 0.3) is 0 Å². The Hall–Kier alpha value is -0.350. The molecular weight excluding hydrogens is 259 g/mol. The van der Waals surface area contributed by atoms with Gasteiger partial charge in [0.1, 0.15) is 0 Å². The Balaban J connectivity index is 2.81. The average Bonchev–Trinajstić information content (AvgIpc) is 2.49. The van der Waals surface area contributed by atoms with Gasteiger partial charge in [-0.15, -0.1) is 0 Å². The first-order valence-electron chi connectivity index (χ1n) is 8.80. The van der Waals surface area contributed by atoms with E-state index >= 15 is 0 Å². The monoisotopic (exact) mass is 294 g/mol. The maximum atomic E-state index is 2.35. The molecule has 0 amide bonds. The molecule has 0 N–H and O–H groups in total. The standard InChI is InChI=1S/C19H35P/c1-4-7-15-20(16-8-5-2,17-9-6-3)18-19-13-11-10-12-14-19/h10-14,20H,4-9,15-18H2,1-3H3. The fourth-order valence-electron chi connectivity index (χ4n) is 3.32. The van der Waals surface area contributed by atoms with Crippen LogP contribution in [0.15, 0.2) is 30.3 Å². The van der Waals surface area contributed by atoms with Crippen LogP contribution in [0.4, 0.5) is 0 Å². The predicted octanol–water partition coefficient (Wildman–Crippen LogP) is 6.34. The van der Waals surface area contributed by atoms with Gasteiger partial charge < -0.3 is 0 Å². The van der Waals surface area contributed by atoms with E-state index in [0.29, 0.717) is 0 Å². The average molecular weight is 294 g/mol. The van der Waals surface area contributed by atoms with Crippen molar-refractivity contribution in [3.8, 4) is 0 Å². The topological polar surface area (TPSA) is 0 Å². The Labute approximate surface area is 127 Å². The van der Waals surface area contributed by atoms with Crippen molar-refractivity contribution in [1.82, 2.24) is 0 Å². The Bertz CT molecular complexity index is 309. The Morgan fingerprint density at radius 3 is 1.55 bits per heavy atom. The van der Waals surface area contributed by atoms with Gasteiger partial charge in [-0.2, -0.15) is 0 Å². The molecule has 1 aromatic carbocycles. The second-order valence-electron chi connectivity index (χ2n) is 6.47. The second kappa shape index (κ2) is 10.4. The SMILES string of the molecule is CCCC[PH](CCCC)(CCCC)Cc1ccccc1. The summed E-state index contributed by atoms with van der Waals surface area (Å²) in [4.78, 5) is 0. The summed E-state index contributed by atoms with van der Waals surface area (Å²) in [5.74, 6) is 0. The van der Waals surface area contributed by atoms with Crippen LogP contribution in [0.2, 0.25) is 0 Å². The van der Waals surface area contributed by atoms with E-state index in [0.717, 1.165) is 0 Å². The molecule has 0 aliphatic carbocycles. The number of hydrogen-bond acceptors (Lipinski definition) is 0. The Morgan fingerprint density at radius 2 is 1.15 bits per heavy atom. The van der Waals surface area contributed by atoms with E-state index in [1.807, 2.05) is 0 Å². The van der Waals surface area contributed by atoms with Crippen LogP contribution in [0, 0.1) is 0 Å². The summed E-state index contributed by atoms with van der Waals surface area (Å²) in [6.45, 7) is 7.05. The van der Waals surface area contributed by atoms with Crippen molar-refractivity contribution in [2.24, 2.45) is 0 Å². The van der Waals surface area contributed by atoms with Crippen molar-refractivity contribution in [2.75, 3.05) is 18.5 Å². The van der Waals surface area contributed by atoms with Crippen molar-refractivity contribution in [3.05, 3.63) is 35.9 Å². The van der Waals surface area contributed by atoms with Gasteiger partial charge in [0.25, 0.3) is 0 Å². The van der Waals surface area contributed by atoms with Crippen LogP contribution in [0.3, 0.4) is 0 Å². The molecule has 1 rings (SSSR count). The number of hydrogen-bond donors (Lipinski definition) is 0. The summed E-state index contributed by atoms with van der Waals surface area (Å²) < 4.78 is 0. The van der Waals surface area contributed by atoms with Crippen LogP contribution in [-0.4, -0.2) is 18.5 Å². The number of rotatable bonds is 11. The van der Waals surface area contributed by atoms with Crippen LogP contribution in [0.1, 0.15) is 64.9 Å². The van der Waals surface area contributed by atoms with Gasteiger partial charge in [0.2, 0.25) is 0 Å². The molecule has 1 aromatic rings. The van der Waals surface area contributed by atoms with E-state index in [1.54, 1.807) is 24.0 Å². The van der Waals surface area contributed by atoms with Gasteiger partial charge in [0.05, 0.1) is 0 Å². The fourth-order valence-corrected chi connectivity index (χ4v) is 9.02. The van der Waals surface area contributed by atoms with E-state index in [4.69, 9.17) is 0 Å². The van der Waals surface area contributed by atoms with Crippen molar-refractivity contribution < 1.29 is 0 Å².